The Bertz CT molecular complexity index is 799. The van der Waals surface area contributed by atoms with Gasteiger partial charge in [0, 0.05) is 37.6 Å². The van der Waals surface area contributed by atoms with Gasteiger partial charge in [-0.3, -0.25) is 9.69 Å². The van der Waals surface area contributed by atoms with Gasteiger partial charge in [-0.05, 0) is 41.8 Å². The maximum Gasteiger partial charge on any atom is 0.220 e. The largest absolute Gasteiger partial charge is 0.374 e. The Morgan fingerprint density at radius 3 is 2.57 bits per heavy atom. The van der Waals surface area contributed by atoms with E-state index < -0.39 is 0 Å². The monoisotopic (exact) mass is 440 g/mol. The summed E-state index contributed by atoms with van der Waals surface area (Å²) in [6, 6.07) is 13.3. The van der Waals surface area contributed by atoms with Crippen molar-refractivity contribution in [3.05, 3.63) is 68.7 Å². The number of rotatable bonds is 7. The molecule has 4 nitrogen and oxygen atoms in total. The molecule has 1 heterocycles. The van der Waals surface area contributed by atoms with Crippen molar-refractivity contribution in [2.24, 2.45) is 0 Å². The van der Waals surface area contributed by atoms with E-state index in [9.17, 15) is 4.79 Å². The van der Waals surface area contributed by atoms with Crippen LogP contribution in [-0.2, 0) is 22.5 Å². The summed E-state index contributed by atoms with van der Waals surface area (Å²) in [5, 5.41) is 4.81. The lowest BCUT2D eigenvalue weighted by molar-refractivity contribution is -0.122. The maximum absolute atomic E-state index is 12.1. The van der Waals surface area contributed by atoms with Crippen LogP contribution in [-0.4, -0.2) is 43.2 Å². The molecule has 0 spiro atoms. The summed E-state index contributed by atoms with van der Waals surface area (Å²) in [7, 11) is 0. The molecule has 1 aliphatic rings. The van der Waals surface area contributed by atoms with Crippen LogP contribution in [0, 0.1) is 0 Å². The van der Waals surface area contributed by atoms with Gasteiger partial charge in [0.05, 0.1) is 22.8 Å². The van der Waals surface area contributed by atoms with Crippen molar-refractivity contribution in [3.63, 3.8) is 0 Å². The fraction of sp³-hybridized carbons (Fsp3) is 0.381. The van der Waals surface area contributed by atoms with Crippen molar-refractivity contribution in [3.8, 4) is 0 Å². The molecule has 0 saturated carbocycles. The summed E-state index contributed by atoms with van der Waals surface area (Å²) in [5.41, 5.74) is 2.21. The van der Waals surface area contributed by atoms with E-state index in [4.69, 9.17) is 39.5 Å². The van der Waals surface area contributed by atoms with Gasteiger partial charge in [0.1, 0.15) is 0 Å². The van der Waals surface area contributed by atoms with Gasteiger partial charge >= 0.3 is 0 Å². The molecule has 1 amide bonds. The smallest absolute Gasteiger partial charge is 0.220 e. The highest BCUT2D eigenvalue weighted by atomic mass is 35.5. The van der Waals surface area contributed by atoms with Gasteiger partial charge in [0.25, 0.3) is 0 Å². The minimum absolute atomic E-state index is 0.0176. The number of benzene rings is 2. The van der Waals surface area contributed by atoms with Gasteiger partial charge in [-0.25, -0.2) is 0 Å². The molecule has 0 bridgehead atoms. The van der Waals surface area contributed by atoms with E-state index in [1.807, 2.05) is 42.5 Å². The summed E-state index contributed by atoms with van der Waals surface area (Å²) < 4.78 is 5.80. The fourth-order valence-corrected chi connectivity index (χ4v) is 3.62. The number of nitrogens with one attached hydrogen (secondary N) is 1. The Balaban J connectivity index is 1.41. The van der Waals surface area contributed by atoms with Gasteiger partial charge in [-0.2, -0.15) is 0 Å². The van der Waals surface area contributed by atoms with Gasteiger partial charge in [-0.15, -0.1) is 0 Å². The van der Waals surface area contributed by atoms with Gasteiger partial charge in [-0.1, -0.05) is 53.0 Å². The number of halogens is 3. The van der Waals surface area contributed by atoms with Crippen LogP contribution in [0.4, 0.5) is 0 Å². The second-order valence-corrected chi connectivity index (χ2v) is 8.16. The molecule has 7 heteroatoms. The minimum atomic E-state index is -0.0176. The summed E-state index contributed by atoms with van der Waals surface area (Å²) in [6.07, 6.45) is 1.12. The minimum Gasteiger partial charge on any atom is -0.374 e. The molecule has 3 rings (SSSR count). The fourth-order valence-electron chi connectivity index (χ4n) is 3.17. The van der Waals surface area contributed by atoms with Crippen molar-refractivity contribution >= 4 is 40.7 Å². The van der Waals surface area contributed by atoms with Crippen LogP contribution in [0.15, 0.2) is 42.5 Å². The molecular formula is C21H23Cl3N2O2. The third-order valence-electron chi connectivity index (χ3n) is 4.69. The zero-order valence-corrected chi connectivity index (χ0v) is 17.7. The van der Waals surface area contributed by atoms with Gasteiger partial charge < -0.3 is 10.1 Å². The van der Waals surface area contributed by atoms with Crippen molar-refractivity contribution in [1.82, 2.24) is 10.2 Å². The number of carbonyl (C=O) groups is 1. The molecular weight excluding hydrogens is 419 g/mol. The lowest BCUT2D eigenvalue weighted by Crippen LogP contribution is -2.47. The highest BCUT2D eigenvalue weighted by molar-refractivity contribution is 6.42. The van der Waals surface area contributed by atoms with Crippen molar-refractivity contribution in [2.45, 2.75) is 25.5 Å². The molecule has 28 heavy (non-hydrogen) atoms. The highest BCUT2D eigenvalue weighted by Gasteiger charge is 2.21. The van der Waals surface area contributed by atoms with Crippen LogP contribution in [0.3, 0.4) is 0 Å². The van der Waals surface area contributed by atoms with E-state index in [0.29, 0.717) is 41.1 Å². The van der Waals surface area contributed by atoms with E-state index in [-0.39, 0.29) is 12.0 Å². The Labute approximate surface area is 180 Å². The molecule has 1 atom stereocenters. The second kappa shape index (κ2) is 10.5. The summed E-state index contributed by atoms with van der Waals surface area (Å²) >= 11 is 18.0. The average Bonchev–Trinajstić information content (AvgIpc) is 2.69. The predicted octanol–water partition coefficient (Wildman–Crippen LogP) is 4.60. The van der Waals surface area contributed by atoms with Crippen LogP contribution in [0.1, 0.15) is 17.5 Å². The number of ether oxygens (including phenoxy) is 1. The topological polar surface area (TPSA) is 41.6 Å². The molecule has 1 unspecified atom stereocenters. The summed E-state index contributed by atoms with van der Waals surface area (Å²) in [5.74, 6) is 0.0279. The van der Waals surface area contributed by atoms with E-state index in [0.717, 1.165) is 30.8 Å². The summed E-state index contributed by atoms with van der Waals surface area (Å²) in [6.45, 7) is 3.55. The van der Waals surface area contributed by atoms with Crippen LogP contribution in [0.2, 0.25) is 15.1 Å². The van der Waals surface area contributed by atoms with Gasteiger partial charge in [0.2, 0.25) is 5.91 Å². The quantitative estimate of drug-likeness (QED) is 0.683. The van der Waals surface area contributed by atoms with Crippen molar-refractivity contribution in [1.29, 1.82) is 0 Å². The first-order valence-corrected chi connectivity index (χ1v) is 10.4. The number of nitrogens with zero attached hydrogens (tertiary/aromatic N) is 1. The molecule has 2 aromatic carbocycles. The third-order valence-corrected chi connectivity index (χ3v) is 5.68. The van der Waals surface area contributed by atoms with Crippen LogP contribution < -0.4 is 5.32 Å². The van der Waals surface area contributed by atoms with Crippen molar-refractivity contribution in [2.75, 3.05) is 26.2 Å². The molecule has 1 N–H and O–H groups in total. The standard InChI is InChI=1S/C21H23Cl3N2O2/c22-17-5-1-15(2-6-17)4-8-21(27)25-12-18-14-26(9-10-28-18)13-16-3-7-19(23)20(24)11-16/h1-3,5-7,11,18H,4,8-10,12-14H2,(H,25,27). The van der Waals surface area contributed by atoms with E-state index in [2.05, 4.69) is 10.2 Å². The van der Waals surface area contributed by atoms with E-state index in [1.165, 1.54) is 0 Å². The number of aryl methyl sites for hydroxylation is 1. The zero-order valence-electron chi connectivity index (χ0n) is 15.5. The molecule has 2 aromatic rings. The third kappa shape index (κ3) is 6.64. The summed E-state index contributed by atoms with van der Waals surface area (Å²) in [4.78, 5) is 14.4. The molecule has 1 aliphatic heterocycles. The molecule has 0 aliphatic carbocycles. The van der Waals surface area contributed by atoms with E-state index in [1.54, 1.807) is 0 Å². The molecule has 150 valence electrons. The van der Waals surface area contributed by atoms with E-state index >= 15 is 0 Å². The SMILES string of the molecule is O=C(CCc1ccc(Cl)cc1)NCC1CN(Cc2ccc(Cl)c(Cl)c2)CCO1. The van der Waals surface area contributed by atoms with Crippen LogP contribution in [0.5, 0.6) is 0 Å². The maximum atomic E-state index is 12.1. The first-order chi connectivity index (χ1) is 13.5. The Morgan fingerprint density at radius 2 is 1.82 bits per heavy atom. The molecule has 0 radical (unpaired) electrons. The van der Waals surface area contributed by atoms with Gasteiger partial charge in [0.15, 0.2) is 0 Å². The first-order valence-electron chi connectivity index (χ1n) is 9.28. The highest BCUT2D eigenvalue weighted by Crippen LogP contribution is 2.23. The molecule has 1 fully saturated rings. The number of hydrogen-bond donors (Lipinski definition) is 1. The number of hydrogen-bond acceptors (Lipinski definition) is 3. The molecule has 0 aromatic heterocycles. The lowest BCUT2D eigenvalue weighted by atomic mass is 10.1. The zero-order chi connectivity index (χ0) is 19.9. The predicted molar refractivity (Wildman–Crippen MR) is 114 cm³/mol. The van der Waals surface area contributed by atoms with Crippen LogP contribution in [0.25, 0.3) is 0 Å². The number of morpholine rings is 1. The lowest BCUT2D eigenvalue weighted by Gasteiger charge is -2.33. The van der Waals surface area contributed by atoms with Crippen LogP contribution >= 0.6 is 34.8 Å². The Morgan fingerprint density at radius 1 is 1.07 bits per heavy atom. The second-order valence-electron chi connectivity index (χ2n) is 6.91. The number of carbonyl (C=O) groups excluding carboxylic acids is 1. The Hall–Kier alpha value is -1.30. The normalized spacial score (nSPS) is 17.5. The molecule has 1 saturated heterocycles. The Kier molecular flexibility index (Phi) is 8.00. The first kappa shape index (κ1) is 21.4. The average molecular weight is 442 g/mol. The van der Waals surface area contributed by atoms with Crippen molar-refractivity contribution < 1.29 is 9.53 Å². The number of amides is 1.